The van der Waals surface area contributed by atoms with Gasteiger partial charge in [-0.1, -0.05) is 13.8 Å². The lowest BCUT2D eigenvalue weighted by molar-refractivity contribution is -0.132. The first-order valence-corrected chi connectivity index (χ1v) is 6.68. The normalized spacial score (nSPS) is 19.9. The maximum absolute atomic E-state index is 12.2. The highest BCUT2D eigenvalue weighted by Crippen LogP contribution is 2.16. The summed E-state index contributed by atoms with van der Waals surface area (Å²) in [4.78, 5) is 36.0. The minimum absolute atomic E-state index is 0.203. The molecule has 0 aromatic rings. The van der Waals surface area contributed by atoms with E-state index in [-0.39, 0.29) is 11.8 Å². The number of carbonyl (C=O) groups excluding carboxylic acids is 2. The van der Waals surface area contributed by atoms with Gasteiger partial charge in [0.05, 0.1) is 0 Å². The number of hydrogen-bond donors (Lipinski definition) is 3. The molecule has 1 rings (SSSR count). The predicted octanol–water partition coefficient (Wildman–Crippen LogP) is 0.695. The molecule has 0 saturated carbocycles. The van der Waals surface area contributed by atoms with Crippen LogP contribution in [0.4, 0.5) is 4.79 Å². The molecular weight excluding hydrogens is 274 g/mol. The largest absolute Gasteiger partial charge is 0.465 e. The zero-order chi connectivity index (χ0) is 16.2. The molecule has 0 aliphatic carbocycles. The number of allylic oxidation sites excluding steroid dienone is 2. The highest BCUT2D eigenvalue weighted by atomic mass is 16.4. The first-order chi connectivity index (χ1) is 9.72. The Morgan fingerprint density at radius 2 is 1.95 bits per heavy atom. The summed E-state index contributed by atoms with van der Waals surface area (Å²) in [7, 11) is 1.61. The van der Waals surface area contributed by atoms with Crippen LogP contribution in [0.5, 0.6) is 0 Å². The smallest absolute Gasteiger partial charge is 0.405 e. The predicted molar refractivity (Wildman–Crippen MR) is 77.4 cm³/mol. The Morgan fingerprint density at radius 3 is 2.48 bits per heavy atom. The third-order valence-corrected chi connectivity index (χ3v) is 3.16. The molecule has 2 atom stereocenters. The van der Waals surface area contributed by atoms with Gasteiger partial charge in [-0.3, -0.25) is 9.59 Å². The van der Waals surface area contributed by atoms with E-state index >= 15 is 0 Å². The number of rotatable bonds is 4. The van der Waals surface area contributed by atoms with Crippen molar-refractivity contribution in [3.8, 4) is 0 Å². The van der Waals surface area contributed by atoms with E-state index in [1.54, 1.807) is 19.3 Å². The maximum atomic E-state index is 12.2. The van der Waals surface area contributed by atoms with Crippen molar-refractivity contribution >= 4 is 17.9 Å². The van der Waals surface area contributed by atoms with E-state index in [9.17, 15) is 14.4 Å². The number of likely N-dealkylation sites (N-methyl/N-ethyl adjacent to an activating group) is 1. The maximum Gasteiger partial charge on any atom is 0.405 e. The lowest BCUT2D eigenvalue weighted by Gasteiger charge is -2.20. The van der Waals surface area contributed by atoms with E-state index in [0.29, 0.717) is 0 Å². The van der Waals surface area contributed by atoms with Crippen molar-refractivity contribution < 1.29 is 19.5 Å². The Hall–Kier alpha value is -2.31. The topological polar surface area (TPSA) is 98.7 Å². The molecule has 0 spiro atoms. The number of carbonyl (C=O) groups is 3. The number of nitrogens with zero attached hydrogens (tertiary/aromatic N) is 1. The van der Waals surface area contributed by atoms with E-state index in [1.807, 2.05) is 19.9 Å². The van der Waals surface area contributed by atoms with Crippen LogP contribution >= 0.6 is 0 Å². The van der Waals surface area contributed by atoms with Crippen LogP contribution in [0.3, 0.4) is 0 Å². The molecule has 0 radical (unpaired) electrons. The Kier molecular flexibility index (Phi) is 5.52. The summed E-state index contributed by atoms with van der Waals surface area (Å²) < 4.78 is 0. The monoisotopic (exact) mass is 295 g/mol. The van der Waals surface area contributed by atoms with Crippen molar-refractivity contribution in [2.45, 2.75) is 32.9 Å². The molecule has 0 bridgehead atoms. The van der Waals surface area contributed by atoms with Crippen molar-refractivity contribution in [1.29, 1.82) is 0 Å². The van der Waals surface area contributed by atoms with Crippen LogP contribution in [0, 0.1) is 5.92 Å². The summed E-state index contributed by atoms with van der Waals surface area (Å²) in [5.74, 6) is -0.627. The average molecular weight is 295 g/mol. The van der Waals surface area contributed by atoms with Gasteiger partial charge < -0.3 is 20.6 Å². The summed E-state index contributed by atoms with van der Waals surface area (Å²) in [5.41, 5.74) is 0.928. The molecule has 0 saturated heterocycles. The number of carboxylic acid groups (broad SMARTS) is 1. The van der Waals surface area contributed by atoms with Gasteiger partial charge in [0.1, 0.15) is 12.1 Å². The second-order valence-corrected chi connectivity index (χ2v) is 5.24. The Bertz CT molecular complexity index is 496. The van der Waals surface area contributed by atoms with Gasteiger partial charge in [0, 0.05) is 13.2 Å². The van der Waals surface area contributed by atoms with Gasteiger partial charge in [-0.2, -0.15) is 0 Å². The quantitative estimate of drug-likeness (QED) is 0.711. The van der Waals surface area contributed by atoms with E-state index in [1.165, 1.54) is 11.8 Å². The minimum Gasteiger partial charge on any atom is -0.465 e. The highest BCUT2D eigenvalue weighted by molar-refractivity contribution is 5.92. The van der Waals surface area contributed by atoms with Crippen molar-refractivity contribution in [2.24, 2.45) is 5.92 Å². The molecule has 7 heteroatoms. The standard InChI is InChI=1S/C14H21N3O4/c1-8(2)10-5-6-17(4)13(19)11(7-10)16-12(18)9(3)15-14(20)21/h5-9,11,15H,1-4H3,(H,16,18)(H,20,21)/t9-,11?/m0/s1. The molecule has 1 aliphatic heterocycles. The second kappa shape index (κ2) is 6.92. The summed E-state index contributed by atoms with van der Waals surface area (Å²) in [5, 5.41) is 13.2. The van der Waals surface area contributed by atoms with Gasteiger partial charge in [0.15, 0.2) is 0 Å². The van der Waals surface area contributed by atoms with Crippen LogP contribution in [-0.2, 0) is 9.59 Å². The van der Waals surface area contributed by atoms with Crippen LogP contribution in [0.1, 0.15) is 20.8 Å². The Labute approximate surface area is 123 Å². The minimum atomic E-state index is -1.29. The van der Waals surface area contributed by atoms with Crippen molar-refractivity contribution in [3.05, 3.63) is 23.9 Å². The fourth-order valence-corrected chi connectivity index (χ4v) is 1.83. The van der Waals surface area contributed by atoms with E-state index in [0.717, 1.165) is 5.57 Å². The molecule has 1 heterocycles. The first-order valence-electron chi connectivity index (χ1n) is 6.68. The van der Waals surface area contributed by atoms with Crippen molar-refractivity contribution in [2.75, 3.05) is 7.05 Å². The van der Waals surface area contributed by atoms with Crippen molar-refractivity contribution in [1.82, 2.24) is 15.5 Å². The summed E-state index contributed by atoms with van der Waals surface area (Å²) >= 11 is 0. The second-order valence-electron chi connectivity index (χ2n) is 5.24. The van der Waals surface area contributed by atoms with E-state index in [4.69, 9.17) is 5.11 Å². The van der Waals surface area contributed by atoms with Crippen LogP contribution in [-0.4, -0.2) is 47.0 Å². The van der Waals surface area contributed by atoms with E-state index < -0.39 is 24.1 Å². The summed E-state index contributed by atoms with van der Waals surface area (Å²) in [6.07, 6.45) is 3.88. The molecule has 7 nitrogen and oxygen atoms in total. The highest BCUT2D eigenvalue weighted by Gasteiger charge is 2.26. The molecule has 1 unspecified atom stereocenters. The SMILES string of the molecule is CC(C)C1=CC(NC(=O)[C@H](C)NC(=O)O)C(=O)N(C)C=C1. The number of hydrogen-bond acceptors (Lipinski definition) is 3. The fourth-order valence-electron chi connectivity index (χ4n) is 1.83. The number of amides is 3. The van der Waals surface area contributed by atoms with Crippen LogP contribution in [0.25, 0.3) is 0 Å². The van der Waals surface area contributed by atoms with Gasteiger partial charge in [-0.05, 0) is 30.6 Å². The van der Waals surface area contributed by atoms with Gasteiger partial charge in [0.2, 0.25) is 5.91 Å². The zero-order valence-electron chi connectivity index (χ0n) is 12.6. The van der Waals surface area contributed by atoms with Crippen LogP contribution in [0.15, 0.2) is 23.9 Å². The molecule has 3 N–H and O–H groups in total. The lowest BCUT2D eigenvalue weighted by Crippen LogP contribution is -2.51. The molecule has 0 fully saturated rings. The molecular formula is C14H21N3O4. The molecule has 3 amide bonds. The molecule has 116 valence electrons. The fraction of sp³-hybridized carbons (Fsp3) is 0.500. The zero-order valence-corrected chi connectivity index (χ0v) is 12.6. The van der Waals surface area contributed by atoms with Crippen LogP contribution in [0.2, 0.25) is 0 Å². The third-order valence-electron chi connectivity index (χ3n) is 3.16. The average Bonchev–Trinajstić information content (AvgIpc) is 2.51. The van der Waals surface area contributed by atoms with Gasteiger partial charge in [0.25, 0.3) is 5.91 Å². The van der Waals surface area contributed by atoms with E-state index in [2.05, 4.69) is 10.6 Å². The molecule has 1 aliphatic rings. The number of nitrogens with one attached hydrogen (secondary N) is 2. The van der Waals surface area contributed by atoms with Gasteiger partial charge >= 0.3 is 6.09 Å². The summed E-state index contributed by atoms with van der Waals surface area (Å²) in [6.45, 7) is 5.39. The summed E-state index contributed by atoms with van der Waals surface area (Å²) in [6, 6.07) is -1.75. The lowest BCUT2D eigenvalue weighted by atomic mass is 10.0. The third kappa shape index (κ3) is 4.62. The van der Waals surface area contributed by atoms with Crippen molar-refractivity contribution in [3.63, 3.8) is 0 Å². The molecule has 0 aromatic heterocycles. The molecule has 0 aromatic carbocycles. The van der Waals surface area contributed by atoms with Gasteiger partial charge in [-0.25, -0.2) is 4.79 Å². The van der Waals surface area contributed by atoms with Gasteiger partial charge in [-0.15, -0.1) is 0 Å². The Balaban J connectivity index is 2.88. The molecule has 21 heavy (non-hydrogen) atoms. The first kappa shape index (κ1) is 16.7. The Morgan fingerprint density at radius 1 is 1.33 bits per heavy atom. The van der Waals surface area contributed by atoms with Crippen LogP contribution < -0.4 is 10.6 Å².